The van der Waals surface area contributed by atoms with Gasteiger partial charge in [0.05, 0.1) is 0 Å². The Morgan fingerprint density at radius 1 is 0.769 bits per heavy atom. The number of rotatable bonds is 13. The molecule has 0 atom stereocenters. The van der Waals surface area contributed by atoms with Gasteiger partial charge in [-0.15, -0.1) is 4.90 Å². The van der Waals surface area contributed by atoms with Crippen molar-refractivity contribution in [2.24, 2.45) is 0 Å². The van der Waals surface area contributed by atoms with E-state index in [1.807, 2.05) is 0 Å². The van der Waals surface area contributed by atoms with E-state index >= 15 is 0 Å². The van der Waals surface area contributed by atoms with Crippen LogP contribution in [0.1, 0.15) is 57.8 Å². The summed E-state index contributed by atoms with van der Waals surface area (Å²) in [6.07, 6.45) is -6.49. The minimum absolute atomic E-state index is 0.0839. The largest absolute Gasteiger partial charge is 0.467 e. The SMILES string of the molecule is CN(CCCCCCO)C(=O)CCCCCCN(C(F)(F)F)C(F)(F)F. The highest BCUT2D eigenvalue weighted by molar-refractivity contribution is 5.75. The minimum atomic E-state index is -5.44. The predicted molar refractivity (Wildman–Crippen MR) is 85.1 cm³/mol. The summed E-state index contributed by atoms with van der Waals surface area (Å²) in [5.41, 5.74) is 0. The summed E-state index contributed by atoms with van der Waals surface area (Å²) in [4.78, 5) is 12.0. The lowest BCUT2D eigenvalue weighted by atomic mass is 10.1. The van der Waals surface area contributed by atoms with E-state index in [1.165, 1.54) is 0 Å². The van der Waals surface area contributed by atoms with Gasteiger partial charge in [-0.3, -0.25) is 4.79 Å². The van der Waals surface area contributed by atoms with Crippen molar-refractivity contribution in [1.29, 1.82) is 0 Å². The van der Waals surface area contributed by atoms with Crippen molar-refractivity contribution in [3.05, 3.63) is 0 Å². The predicted octanol–water partition coefficient (Wildman–Crippen LogP) is 4.29. The van der Waals surface area contributed by atoms with Crippen LogP contribution in [0.4, 0.5) is 26.3 Å². The van der Waals surface area contributed by atoms with Gasteiger partial charge in [0.15, 0.2) is 0 Å². The Morgan fingerprint density at radius 2 is 1.23 bits per heavy atom. The van der Waals surface area contributed by atoms with Gasteiger partial charge < -0.3 is 10.0 Å². The molecular weight excluding hydrogens is 366 g/mol. The molecule has 1 amide bonds. The number of nitrogens with zero attached hydrogens (tertiary/aromatic N) is 2. The van der Waals surface area contributed by atoms with Crippen molar-refractivity contribution in [2.75, 3.05) is 26.7 Å². The summed E-state index contributed by atoms with van der Waals surface area (Å²) >= 11 is 0. The number of hydrogen-bond acceptors (Lipinski definition) is 3. The Balaban J connectivity index is 3.86. The Hall–Kier alpha value is -1.03. The van der Waals surface area contributed by atoms with Crippen LogP contribution < -0.4 is 0 Å². The molecule has 4 nitrogen and oxygen atoms in total. The summed E-state index contributed by atoms with van der Waals surface area (Å²) in [7, 11) is 1.67. The van der Waals surface area contributed by atoms with Crippen LogP contribution in [0.5, 0.6) is 0 Å². The first-order chi connectivity index (χ1) is 12.0. The highest BCUT2D eigenvalue weighted by Crippen LogP contribution is 2.33. The Kier molecular flexibility index (Phi) is 11.9. The summed E-state index contributed by atoms with van der Waals surface area (Å²) in [5.74, 6) is -0.0839. The molecule has 156 valence electrons. The minimum Gasteiger partial charge on any atom is -0.396 e. The van der Waals surface area contributed by atoms with Crippen LogP contribution in [0.2, 0.25) is 0 Å². The second-order valence-corrected chi connectivity index (χ2v) is 6.20. The molecule has 0 aromatic carbocycles. The van der Waals surface area contributed by atoms with E-state index in [9.17, 15) is 31.1 Å². The van der Waals surface area contributed by atoms with Crippen molar-refractivity contribution in [3.8, 4) is 0 Å². The number of unbranched alkanes of at least 4 members (excludes halogenated alkanes) is 6. The van der Waals surface area contributed by atoms with Crippen molar-refractivity contribution < 1.29 is 36.2 Å². The normalized spacial score (nSPS) is 12.7. The van der Waals surface area contributed by atoms with Gasteiger partial charge in [0, 0.05) is 33.2 Å². The number of hydrogen-bond donors (Lipinski definition) is 1. The zero-order valence-electron chi connectivity index (χ0n) is 15.0. The first-order valence-corrected chi connectivity index (χ1v) is 8.76. The van der Waals surface area contributed by atoms with Crippen LogP contribution in [0.3, 0.4) is 0 Å². The molecular formula is C16H28F6N2O2. The van der Waals surface area contributed by atoms with E-state index in [0.29, 0.717) is 19.4 Å². The van der Waals surface area contributed by atoms with E-state index < -0.39 is 24.0 Å². The van der Waals surface area contributed by atoms with E-state index in [1.54, 1.807) is 11.9 Å². The number of carbonyl (C=O) groups excluding carboxylic acids is 1. The van der Waals surface area contributed by atoms with Crippen molar-refractivity contribution in [3.63, 3.8) is 0 Å². The zero-order chi connectivity index (χ0) is 20.2. The summed E-state index contributed by atoms with van der Waals surface area (Å²) in [5, 5.41) is 8.65. The van der Waals surface area contributed by atoms with E-state index in [4.69, 9.17) is 5.11 Å². The Bertz CT molecular complexity index is 374. The molecule has 0 spiro atoms. The summed E-state index contributed by atoms with van der Waals surface area (Å²) < 4.78 is 73.8. The van der Waals surface area contributed by atoms with Crippen LogP contribution in [-0.2, 0) is 4.79 Å². The molecule has 0 bridgehead atoms. The van der Waals surface area contributed by atoms with Crippen molar-refractivity contribution in [1.82, 2.24) is 9.80 Å². The third-order valence-corrected chi connectivity index (χ3v) is 3.96. The number of alkyl halides is 6. The molecule has 1 N–H and O–H groups in total. The molecule has 26 heavy (non-hydrogen) atoms. The molecule has 10 heteroatoms. The Morgan fingerprint density at radius 3 is 1.73 bits per heavy atom. The standard InChI is InChI=1S/C16H28F6N2O2/c1-23(11-7-4-5-9-13-25)14(26)10-6-2-3-8-12-24(15(17,18)19)16(20,21)22/h25H,2-13H2,1H3. The van der Waals surface area contributed by atoms with Crippen LogP contribution in [-0.4, -0.2) is 60.2 Å². The average molecular weight is 394 g/mol. The van der Waals surface area contributed by atoms with Crippen LogP contribution in [0.25, 0.3) is 0 Å². The third-order valence-electron chi connectivity index (χ3n) is 3.96. The monoisotopic (exact) mass is 394 g/mol. The average Bonchev–Trinajstić information content (AvgIpc) is 2.50. The molecule has 0 heterocycles. The molecule has 0 rings (SSSR count). The topological polar surface area (TPSA) is 43.8 Å². The number of halogens is 6. The number of aliphatic hydroxyl groups is 1. The van der Waals surface area contributed by atoms with E-state index in [-0.39, 0.29) is 31.8 Å². The van der Waals surface area contributed by atoms with Crippen molar-refractivity contribution in [2.45, 2.75) is 70.4 Å². The molecule has 0 saturated carbocycles. The fourth-order valence-electron chi connectivity index (χ4n) is 2.43. The quantitative estimate of drug-likeness (QED) is 0.288. The first-order valence-electron chi connectivity index (χ1n) is 8.76. The maximum atomic E-state index is 12.3. The highest BCUT2D eigenvalue weighted by atomic mass is 19.4. The lowest BCUT2D eigenvalue weighted by molar-refractivity contribution is -0.372. The van der Waals surface area contributed by atoms with Gasteiger partial charge in [-0.25, -0.2) is 0 Å². The maximum absolute atomic E-state index is 12.3. The zero-order valence-corrected chi connectivity index (χ0v) is 15.0. The second kappa shape index (κ2) is 12.4. The second-order valence-electron chi connectivity index (χ2n) is 6.20. The molecule has 0 unspecified atom stereocenters. The first kappa shape index (κ1) is 25.0. The third kappa shape index (κ3) is 11.6. The van der Waals surface area contributed by atoms with E-state index in [2.05, 4.69) is 0 Å². The van der Waals surface area contributed by atoms with Gasteiger partial charge in [-0.05, 0) is 25.7 Å². The van der Waals surface area contributed by atoms with Gasteiger partial charge in [0.25, 0.3) is 0 Å². The lowest BCUT2D eigenvalue weighted by Crippen LogP contribution is -2.48. The van der Waals surface area contributed by atoms with Gasteiger partial charge in [0.2, 0.25) is 5.91 Å². The molecule has 0 aliphatic rings. The van der Waals surface area contributed by atoms with Crippen LogP contribution in [0.15, 0.2) is 0 Å². The number of amides is 1. The maximum Gasteiger partial charge on any atom is 0.467 e. The molecule has 0 aromatic heterocycles. The van der Waals surface area contributed by atoms with Crippen molar-refractivity contribution >= 4 is 5.91 Å². The molecule has 0 aromatic rings. The van der Waals surface area contributed by atoms with Gasteiger partial charge in [-0.1, -0.05) is 25.7 Å². The fourth-order valence-corrected chi connectivity index (χ4v) is 2.43. The van der Waals surface area contributed by atoms with Crippen LogP contribution in [0, 0.1) is 0 Å². The number of carbonyl (C=O) groups is 1. The highest BCUT2D eigenvalue weighted by Gasteiger charge is 2.53. The van der Waals surface area contributed by atoms with Gasteiger partial charge in [0.1, 0.15) is 0 Å². The Labute approximate surface area is 150 Å². The molecule has 0 aliphatic carbocycles. The molecule has 0 saturated heterocycles. The summed E-state index contributed by atoms with van der Waals surface area (Å²) in [6, 6.07) is 0. The summed E-state index contributed by atoms with van der Waals surface area (Å²) in [6.45, 7) is -0.385. The van der Waals surface area contributed by atoms with Gasteiger partial charge >= 0.3 is 12.6 Å². The fraction of sp³-hybridized carbons (Fsp3) is 0.938. The smallest absolute Gasteiger partial charge is 0.396 e. The molecule has 0 fully saturated rings. The van der Waals surface area contributed by atoms with Gasteiger partial charge in [-0.2, -0.15) is 26.3 Å². The number of aliphatic hydroxyl groups excluding tert-OH is 1. The van der Waals surface area contributed by atoms with Crippen LogP contribution >= 0.6 is 0 Å². The lowest BCUT2D eigenvalue weighted by Gasteiger charge is -2.26. The van der Waals surface area contributed by atoms with E-state index in [0.717, 1.165) is 25.7 Å². The molecule has 0 aliphatic heterocycles. The molecule has 0 radical (unpaired) electrons.